The number of anilines is 1. The van der Waals surface area contributed by atoms with Gasteiger partial charge in [-0.25, -0.2) is 4.98 Å². The van der Waals surface area contributed by atoms with Crippen LogP contribution in [0.3, 0.4) is 0 Å². The van der Waals surface area contributed by atoms with Gasteiger partial charge in [-0.3, -0.25) is 19.3 Å². The Hall–Kier alpha value is -3.48. The van der Waals surface area contributed by atoms with E-state index in [0.717, 1.165) is 27.4 Å². The number of fused-ring (bicyclic) bond motifs is 1. The first-order valence-corrected chi connectivity index (χ1v) is 8.70. The van der Waals surface area contributed by atoms with Crippen molar-refractivity contribution in [3.63, 3.8) is 0 Å². The molecule has 3 aromatic rings. The number of para-hydroxylation sites is 1. The number of carbonyl (C=O) groups excluding carboxylic acids is 3. The number of imide groups is 1. The molecule has 0 bridgehead atoms. The van der Waals surface area contributed by atoms with Crippen molar-refractivity contribution in [2.24, 2.45) is 0 Å². The maximum atomic E-state index is 12.4. The lowest BCUT2D eigenvalue weighted by atomic mass is 10.1. The molecule has 0 aliphatic carbocycles. The summed E-state index contributed by atoms with van der Waals surface area (Å²) in [5.41, 5.74) is 3.99. The molecule has 3 amide bonds. The van der Waals surface area contributed by atoms with Gasteiger partial charge in [0.05, 0.1) is 11.4 Å². The van der Waals surface area contributed by atoms with E-state index in [-0.39, 0.29) is 31.2 Å². The highest BCUT2D eigenvalue weighted by Gasteiger charge is 2.30. The Labute approximate surface area is 155 Å². The summed E-state index contributed by atoms with van der Waals surface area (Å²) in [5.74, 6) is -1.02. The molecule has 0 unspecified atom stereocenters. The Morgan fingerprint density at radius 2 is 1.85 bits per heavy atom. The van der Waals surface area contributed by atoms with Crippen LogP contribution in [0, 0.1) is 6.92 Å². The minimum atomic E-state index is -0.411. The standard InChI is InChI=1S/C20H18N4O3/c1-13-5-4-10-23-11-16(22-20(13)23)14-6-2-3-7-15(14)21-17(25)12-24-18(26)8-9-19(24)27/h2-7,10-11H,8-9,12H2,1H3,(H,21,25). The normalized spacial score (nSPS) is 14.2. The second-order valence-electron chi connectivity index (χ2n) is 6.52. The van der Waals surface area contributed by atoms with Crippen LogP contribution in [-0.4, -0.2) is 38.6 Å². The lowest BCUT2D eigenvalue weighted by Crippen LogP contribution is -2.36. The average Bonchev–Trinajstić information content (AvgIpc) is 3.22. The van der Waals surface area contributed by atoms with Crippen LogP contribution in [0.1, 0.15) is 18.4 Å². The molecule has 0 saturated carbocycles. The minimum Gasteiger partial charge on any atom is -0.324 e. The number of pyridine rings is 1. The van der Waals surface area contributed by atoms with Crippen molar-refractivity contribution in [2.75, 3.05) is 11.9 Å². The number of nitrogens with zero attached hydrogens (tertiary/aromatic N) is 3. The number of aromatic nitrogens is 2. The van der Waals surface area contributed by atoms with Gasteiger partial charge < -0.3 is 9.72 Å². The molecule has 2 aromatic heterocycles. The van der Waals surface area contributed by atoms with Crippen LogP contribution >= 0.6 is 0 Å². The average molecular weight is 362 g/mol. The molecule has 0 spiro atoms. The number of likely N-dealkylation sites (tertiary alicyclic amines) is 1. The van der Waals surface area contributed by atoms with Crippen molar-refractivity contribution < 1.29 is 14.4 Å². The highest BCUT2D eigenvalue weighted by atomic mass is 16.2. The highest BCUT2D eigenvalue weighted by Crippen LogP contribution is 2.28. The molecule has 7 nitrogen and oxygen atoms in total. The largest absolute Gasteiger partial charge is 0.324 e. The van der Waals surface area contributed by atoms with Gasteiger partial charge in [-0.15, -0.1) is 0 Å². The van der Waals surface area contributed by atoms with Crippen LogP contribution in [0.5, 0.6) is 0 Å². The molecule has 1 fully saturated rings. The quantitative estimate of drug-likeness (QED) is 0.723. The van der Waals surface area contributed by atoms with Gasteiger partial charge in [0.2, 0.25) is 17.7 Å². The molecule has 0 atom stereocenters. The number of rotatable bonds is 4. The molecule has 7 heteroatoms. The van der Waals surface area contributed by atoms with Gasteiger partial charge in [0.25, 0.3) is 0 Å². The summed E-state index contributed by atoms with van der Waals surface area (Å²) < 4.78 is 1.94. The zero-order valence-corrected chi connectivity index (χ0v) is 14.8. The summed E-state index contributed by atoms with van der Waals surface area (Å²) in [7, 11) is 0. The lowest BCUT2D eigenvalue weighted by Gasteiger charge is -2.14. The zero-order chi connectivity index (χ0) is 19.0. The van der Waals surface area contributed by atoms with Crippen molar-refractivity contribution in [2.45, 2.75) is 19.8 Å². The van der Waals surface area contributed by atoms with E-state index in [1.54, 1.807) is 6.07 Å². The predicted octanol–water partition coefficient (Wildman–Crippen LogP) is 2.40. The van der Waals surface area contributed by atoms with E-state index in [4.69, 9.17) is 0 Å². The molecule has 0 radical (unpaired) electrons. The minimum absolute atomic E-state index is 0.170. The number of benzene rings is 1. The molecule has 3 heterocycles. The van der Waals surface area contributed by atoms with E-state index in [0.29, 0.717) is 5.69 Å². The molecule has 1 saturated heterocycles. The van der Waals surface area contributed by atoms with Crippen LogP contribution in [0.25, 0.3) is 16.9 Å². The molecular weight excluding hydrogens is 344 g/mol. The smallest absolute Gasteiger partial charge is 0.244 e. The van der Waals surface area contributed by atoms with E-state index in [1.807, 2.05) is 54.0 Å². The second kappa shape index (κ2) is 6.68. The summed E-state index contributed by atoms with van der Waals surface area (Å²) in [6, 6.07) is 11.3. The maximum Gasteiger partial charge on any atom is 0.244 e. The fraction of sp³-hybridized carbons (Fsp3) is 0.200. The predicted molar refractivity (Wildman–Crippen MR) is 99.9 cm³/mol. The number of amides is 3. The number of hydrogen-bond acceptors (Lipinski definition) is 4. The first-order chi connectivity index (χ1) is 13.0. The zero-order valence-electron chi connectivity index (χ0n) is 14.8. The van der Waals surface area contributed by atoms with Crippen molar-refractivity contribution in [3.05, 3.63) is 54.4 Å². The van der Waals surface area contributed by atoms with Gasteiger partial charge in [0.15, 0.2) is 0 Å². The molecule has 136 valence electrons. The molecule has 1 N–H and O–H groups in total. The molecule has 1 aliphatic rings. The summed E-state index contributed by atoms with van der Waals surface area (Å²) in [5, 5.41) is 2.80. The van der Waals surface area contributed by atoms with Crippen LogP contribution in [0.2, 0.25) is 0 Å². The van der Waals surface area contributed by atoms with Gasteiger partial charge in [0, 0.05) is 30.8 Å². The third-order valence-electron chi connectivity index (χ3n) is 4.61. The Morgan fingerprint density at radius 3 is 2.59 bits per heavy atom. The fourth-order valence-corrected chi connectivity index (χ4v) is 3.23. The number of imidazole rings is 1. The Bertz CT molecular complexity index is 1050. The van der Waals surface area contributed by atoms with Gasteiger partial charge >= 0.3 is 0 Å². The van der Waals surface area contributed by atoms with Crippen LogP contribution in [0.4, 0.5) is 5.69 Å². The topological polar surface area (TPSA) is 83.8 Å². The summed E-state index contributed by atoms with van der Waals surface area (Å²) in [6.45, 7) is 1.72. The van der Waals surface area contributed by atoms with Crippen molar-refractivity contribution >= 4 is 29.1 Å². The molecule has 1 aliphatic heterocycles. The monoisotopic (exact) mass is 362 g/mol. The third kappa shape index (κ3) is 3.19. The van der Waals surface area contributed by atoms with Gasteiger partial charge in [-0.2, -0.15) is 0 Å². The Kier molecular flexibility index (Phi) is 4.19. The van der Waals surface area contributed by atoms with Gasteiger partial charge in [-0.1, -0.05) is 24.3 Å². The number of nitrogens with one attached hydrogen (secondary N) is 1. The second-order valence-corrected chi connectivity index (χ2v) is 6.52. The van der Waals surface area contributed by atoms with E-state index in [1.165, 1.54) is 0 Å². The van der Waals surface area contributed by atoms with E-state index < -0.39 is 5.91 Å². The van der Waals surface area contributed by atoms with E-state index in [2.05, 4.69) is 10.3 Å². The van der Waals surface area contributed by atoms with E-state index in [9.17, 15) is 14.4 Å². The first kappa shape index (κ1) is 17.0. The maximum absolute atomic E-state index is 12.4. The summed E-state index contributed by atoms with van der Waals surface area (Å²) in [4.78, 5) is 41.5. The SMILES string of the molecule is Cc1cccn2cc(-c3ccccc3NC(=O)CN3C(=O)CCC3=O)nc12. The van der Waals surface area contributed by atoms with Gasteiger partial charge in [-0.05, 0) is 24.6 Å². The van der Waals surface area contributed by atoms with Crippen LogP contribution in [-0.2, 0) is 14.4 Å². The number of aryl methyl sites for hydroxylation is 1. The number of carbonyl (C=O) groups is 3. The lowest BCUT2D eigenvalue weighted by molar-refractivity contribution is -0.141. The first-order valence-electron chi connectivity index (χ1n) is 8.70. The number of hydrogen-bond donors (Lipinski definition) is 1. The van der Waals surface area contributed by atoms with E-state index >= 15 is 0 Å². The summed E-state index contributed by atoms with van der Waals surface area (Å²) in [6.07, 6.45) is 4.16. The van der Waals surface area contributed by atoms with Crippen molar-refractivity contribution in [3.8, 4) is 11.3 Å². The molecule has 1 aromatic carbocycles. The third-order valence-corrected chi connectivity index (χ3v) is 4.61. The summed E-state index contributed by atoms with van der Waals surface area (Å²) >= 11 is 0. The highest BCUT2D eigenvalue weighted by molar-refractivity contribution is 6.06. The van der Waals surface area contributed by atoms with Crippen LogP contribution < -0.4 is 5.32 Å². The molecule has 4 rings (SSSR count). The van der Waals surface area contributed by atoms with Gasteiger partial charge in [0.1, 0.15) is 12.2 Å². The fourth-order valence-electron chi connectivity index (χ4n) is 3.23. The molecule has 27 heavy (non-hydrogen) atoms. The Balaban J connectivity index is 1.61. The van der Waals surface area contributed by atoms with Crippen molar-refractivity contribution in [1.29, 1.82) is 0 Å². The Morgan fingerprint density at radius 1 is 1.11 bits per heavy atom. The molecular formula is C20H18N4O3. The van der Waals surface area contributed by atoms with Crippen molar-refractivity contribution in [1.82, 2.24) is 14.3 Å². The van der Waals surface area contributed by atoms with Crippen LogP contribution in [0.15, 0.2) is 48.8 Å².